The predicted octanol–water partition coefficient (Wildman–Crippen LogP) is 19.6. The molecule has 25 heteroatoms. The van der Waals surface area contributed by atoms with Crippen LogP contribution < -0.4 is 9.47 Å². The van der Waals surface area contributed by atoms with E-state index in [2.05, 4.69) is 183 Å². The molecule has 0 aliphatic heterocycles. The summed E-state index contributed by atoms with van der Waals surface area (Å²) in [5.41, 5.74) is 21.2. The number of carbonyl (C=O) groups is 3. The van der Waals surface area contributed by atoms with Gasteiger partial charge in [0.1, 0.15) is 28.0 Å². The third kappa shape index (κ3) is 24.0. The van der Waals surface area contributed by atoms with Crippen molar-refractivity contribution in [1.82, 2.24) is 45.0 Å². The first-order chi connectivity index (χ1) is 51.9. The maximum atomic E-state index is 13.0. The van der Waals surface area contributed by atoms with Crippen molar-refractivity contribution in [2.24, 2.45) is 32.0 Å². The molecule has 0 amide bonds. The van der Waals surface area contributed by atoms with Crippen molar-refractivity contribution in [3.63, 3.8) is 0 Å². The standard InChI is InChI=1S/C30H35N3O4.C28H31N3O4.C22H27N3O3.C2H5I.C2H6.CH3.3HI.V/c1-19-8-11-22(16-23(19)18-37-17-21-9-12-24(35-6)13-10-21)27(30(3,4)29(34)36-7)25-14-15-26-28(20(25)2)31-32-33(26)5;1-18-6-9-21(14-22(18)17-35-16-20-7-10-23(33-4)11-8-20)25(15-27(32)34-5)24-12-13-26-28(19(24)2)29-30-31(26)3;1-13-7-8-15(11-16(13)12-26)19(22(3,4)21(27)28-6)17-9-10-18-20(14(17)2)23-24-25(18)5;1-2-3;1-2;;;;;/h8-16,27H,17-18H2,1-7H3;6-14,25H,15-17H2,1-5H3;7-11,19,26H,12H2,1-6H3;2H2,1H3;1-2H3;1H3;3*1H;/q;;;;;-1;;;;+3/p-3/t27-;25-;19-;;;;;;;/m000......./s1. The van der Waals surface area contributed by atoms with E-state index in [4.69, 9.17) is 33.2 Å². The second kappa shape index (κ2) is 44.7. The van der Waals surface area contributed by atoms with E-state index in [9.17, 15) is 19.5 Å². The first-order valence-corrected chi connectivity index (χ1v) is 50.7. The summed E-state index contributed by atoms with van der Waals surface area (Å²) in [7, 11) is 13.2. The van der Waals surface area contributed by atoms with Crippen LogP contribution in [0.2, 0.25) is 0 Å². The molecule has 0 radical (unpaired) electrons. The van der Waals surface area contributed by atoms with Gasteiger partial charge in [0, 0.05) is 38.9 Å². The molecule has 0 spiro atoms. The van der Waals surface area contributed by atoms with Gasteiger partial charge < -0.3 is 45.7 Å². The van der Waals surface area contributed by atoms with Gasteiger partial charge in [-0.1, -0.05) is 156 Å². The van der Waals surface area contributed by atoms with Crippen LogP contribution >= 0.6 is 82.5 Å². The van der Waals surface area contributed by atoms with Crippen LogP contribution in [0.4, 0.5) is 0 Å². The summed E-state index contributed by atoms with van der Waals surface area (Å²) in [6.45, 7) is 27.8. The summed E-state index contributed by atoms with van der Waals surface area (Å²) in [5.74, 6) is 0.132. The fraction of sp³-hybridized carbons (Fsp3) is 0.388. The molecule has 0 saturated carbocycles. The van der Waals surface area contributed by atoms with Gasteiger partial charge in [0.25, 0.3) is 0 Å². The summed E-state index contributed by atoms with van der Waals surface area (Å²) in [4.78, 5) is 37.9. The van der Waals surface area contributed by atoms with Crippen LogP contribution in [-0.4, -0.2) is 108 Å². The number of aryl methyl sites for hydroxylation is 9. The van der Waals surface area contributed by atoms with Crippen molar-refractivity contribution in [1.29, 1.82) is 0 Å². The zero-order valence-corrected chi connectivity index (χ0v) is 77.5. The normalized spacial score (nSPS) is 11.9. The van der Waals surface area contributed by atoms with Crippen LogP contribution in [0, 0.1) is 59.8 Å². The number of esters is 3. The Labute approximate surface area is 701 Å². The van der Waals surface area contributed by atoms with Crippen molar-refractivity contribution in [3.8, 4) is 11.5 Å². The molecule has 11 aromatic rings. The molecule has 1 N–H and O–H groups in total. The van der Waals surface area contributed by atoms with E-state index in [1.807, 2.05) is 181 Å². The summed E-state index contributed by atoms with van der Waals surface area (Å²) >= 11 is 9.68. The molecule has 8 aromatic carbocycles. The molecular weight excluding hydrogens is 1880 g/mol. The van der Waals surface area contributed by atoms with Crippen LogP contribution in [0.15, 0.2) is 140 Å². The number of rotatable bonds is 23. The number of carbonyl (C=O) groups excluding carboxylic acids is 3. The van der Waals surface area contributed by atoms with Gasteiger partial charge in [0.2, 0.25) is 0 Å². The maximum absolute atomic E-state index is 13.0. The van der Waals surface area contributed by atoms with E-state index in [1.165, 1.54) is 25.8 Å². The van der Waals surface area contributed by atoms with E-state index in [0.29, 0.717) is 26.4 Å². The second-order valence-corrected chi connectivity index (χ2v) is 64.0. The summed E-state index contributed by atoms with van der Waals surface area (Å²) in [6, 6.07) is 46.5. The summed E-state index contributed by atoms with van der Waals surface area (Å²) in [5, 5.41) is 35.2. The molecule has 0 unspecified atom stereocenters. The molecular formula is C85H107I4N9O11V-. The van der Waals surface area contributed by atoms with Gasteiger partial charge in [-0.3, -0.25) is 14.4 Å². The van der Waals surface area contributed by atoms with Gasteiger partial charge in [-0.2, -0.15) is 0 Å². The SMILES string of the molecule is CC.CCI.COC(=O)C(C)(C)[C@@H](c1ccc(C)c(CO)c1)c1ccc2c(nnn2C)c1C.COC(=O)C(C)(C)[C@@H](c1ccc(C)c(COCc2ccc(OC)cc2)c1)c1ccc2c(nnn2C)c1C.COC(=O)C[C@@H](c1ccc(C)c(COCc2ccc(OC)cc2)c1)c1ccc2c(nnn2C)c1C.[CH3-].[I][V]([I])[I]. The summed E-state index contributed by atoms with van der Waals surface area (Å²) in [6.07, 6.45) is 0.234. The van der Waals surface area contributed by atoms with Gasteiger partial charge in [-0.25, -0.2) is 14.0 Å². The molecule has 0 bridgehead atoms. The number of hydrogen-bond acceptors (Lipinski definition) is 17. The van der Waals surface area contributed by atoms with Crippen LogP contribution in [-0.2, 0) is 97.2 Å². The number of benzene rings is 8. The van der Waals surface area contributed by atoms with Crippen LogP contribution in [0.3, 0.4) is 0 Å². The number of ether oxygens (including phenoxy) is 7. The van der Waals surface area contributed by atoms with Crippen LogP contribution in [0.1, 0.15) is 167 Å². The number of halogens is 4. The molecule has 110 heavy (non-hydrogen) atoms. The minimum atomic E-state index is -0.828. The number of fused-ring (bicyclic) bond motifs is 3. The van der Waals surface area contributed by atoms with Gasteiger partial charge >= 0.3 is 82.8 Å². The van der Waals surface area contributed by atoms with Gasteiger partial charge in [0.05, 0.1) is 102 Å². The second-order valence-electron chi connectivity index (χ2n) is 27.1. The van der Waals surface area contributed by atoms with E-state index in [-0.39, 0.29) is 61.0 Å². The van der Waals surface area contributed by atoms with Crippen molar-refractivity contribution in [3.05, 3.63) is 242 Å². The Balaban J connectivity index is 0.000000281. The number of aliphatic hydroxyl groups excluding tert-OH is 1. The zero-order valence-electron chi connectivity index (χ0n) is 67.5. The average molecular weight is 1990 g/mol. The molecule has 0 saturated heterocycles. The Hall–Kier alpha value is -6.65. The Morgan fingerprint density at radius 2 is 0.791 bits per heavy atom. The van der Waals surface area contributed by atoms with Crippen molar-refractivity contribution < 1.29 is 57.6 Å². The number of aromatic nitrogens is 9. The minimum absolute atomic E-state index is 0. The Kier molecular flexibility index (Phi) is 38.2. The molecule has 3 aromatic heterocycles. The van der Waals surface area contributed by atoms with Crippen molar-refractivity contribution >= 4 is 134 Å². The molecule has 592 valence electrons. The first kappa shape index (κ1) is 94.0. The Morgan fingerprint density at radius 3 is 1.13 bits per heavy atom. The number of methoxy groups -OCH3 is 5. The van der Waals surface area contributed by atoms with Crippen LogP contribution in [0.5, 0.6) is 11.5 Å². The molecule has 3 heterocycles. The van der Waals surface area contributed by atoms with Gasteiger partial charge in [0.15, 0.2) is 0 Å². The third-order valence-corrected chi connectivity index (χ3v) is 19.4. The molecule has 20 nitrogen and oxygen atoms in total. The first-order valence-electron chi connectivity index (χ1n) is 35.7. The zero-order chi connectivity index (χ0) is 80.6. The Morgan fingerprint density at radius 1 is 0.473 bits per heavy atom. The number of alkyl halides is 1. The molecule has 0 aliphatic rings. The summed E-state index contributed by atoms with van der Waals surface area (Å²) < 4.78 is 44.5. The fourth-order valence-corrected chi connectivity index (χ4v) is 13.3. The Bertz CT molecular complexity index is 4810. The van der Waals surface area contributed by atoms with E-state index in [0.717, 1.165) is 139 Å². The average Bonchev–Trinajstić information content (AvgIpc) is 1.10. The predicted molar refractivity (Wildman–Crippen MR) is 470 cm³/mol. The molecule has 3 atom stereocenters. The topological polar surface area (TPSA) is 228 Å². The van der Waals surface area contributed by atoms with Gasteiger partial charge in [-0.15, -0.1) is 15.3 Å². The molecule has 11 rings (SSSR count). The van der Waals surface area contributed by atoms with Crippen molar-refractivity contribution in [2.75, 3.05) is 40.0 Å². The molecule has 0 fully saturated rings. The van der Waals surface area contributed by atoms with Crippen LogP contribution in [0.25, 0.3) is 33.1 Å². The number of nitrogens with zero attached hydrogens (tertiary/aromatic N) is 9. The van der Waals surface area contributed by atoms with E-state index >= 15 is 0 Å². The van der Waals surface area contributed by atoms with E-state index < -0.39 is 10.8 Å². The third-order valence-electron chi connectivity index (χ3n) is 19.4. The van der Waals surface area contributed by atoms with Gasteiger partial charge in [-0.05, 0) is 211 Å². The quantitative estimate of drug-likeness (QED) is 0.0206. The van der Waals surface area contributed by atoms with E-state index in [1.54, 1.807) is 28.3 Å². The fourth-order valence-electron chi connectivity index (χ4n) is 13.3. The number of hydrogen-bond donors (Lipinski definition) is 1. The monoisotopic (exact) mass is 1990 g/mol. The molecule has 0 aliphatic carbocycles. The number of aliphatic hydroxyl groups is 1. The van der Waals surface area contributed by atoms with Crippen molar-refractivity contribution in [2.45, 2.75) is 147 Å².